The van der Waals surface area contributed by atoms with E-state index in [-0.39, 0.29) is 0 Å². The van der Waals surface area contributed by atoms with Crippen LogP contribution in [0.1, 0.15) is 12.5 Å². The van der Waals surface area contributed by atoms with Gasteiger partial charge in [0, 0.05) is 19.4 Å². The van der Waals surface area contributed by atoms with Crippen LogP contribution in [0.15, 0.2) is 36.0 Å². The highest BCUT2D eigenvalue weighted by atomic mass is 32.1. The van der Waals surface area contributed by atoms with Crippen LogP contribution in [-0.2, 0) is 13.5 Å². The summed E-state index contributed by atoms with van der Waals surface area (Å²) in [5, 5.41) is 6.73. The van der Waals surface area contributed by atoms with E-state index < -0.39 is 0 Å². The maximum Gasteiger partial charge on any atom is 0.129 e. The normalized spacial score (nSPS) is 10.9. The summed E-state index contributed by atoms with van der Waals surface area (Å²) < 4.78 is 1.74. The third-order valence-electron chi connectivity index (χ3n) is 3.40. The summed E-state index contributed by atoms with van der Waals surface area (Å²) in [4.78, 5) is 5.27. The fraction of sp³-hybridized carbons (Fsp3) is 0.200. The monoisotopic (exact) mass is 284 g/mol. The summed E-state index contributed by atoms with van der Waals surface area (Å²) in [6.07, 6.45) is 4.55. The molecule has 3 heterocycles. The summed E-state index contributed by atoms with van der Waals surface area (Å²) in [6, 6.07) is 6.09. The van der Waals surface area contributed by atoms with Crippen molar-refractivity contribution in [1.82, 2.24) is 14.8 Å². The van der Waals surface area contributed by atoms with Crippen LogP contribution in [0, 0.1) is 0 Å². The molecule has 3 aromatic heterocycles. The van der Waals surface area contributed by atoms with E-state index in [9.17, 15) is 0 Å². The van der Waals surface area contributed by atoms with Crippen molar-refractivity contribution < 1.29 is 0 Å². The van der Waals surface area contributed by atoms with Crippen LogP contribution in [0.25, 0.3) is 21.7 Å². The number of nitrogens with two attached hydrogens (primary N) is 1. The Bertz CT molecular complexity index is 728. The molecule has 0 saturated carbocycles. The molecule has 2 N–H and O–H groups in total. The fourth-order valence-electron chi connectivity index (χ4n) is 2.32. The Hall–Kier alpha value is -2.14. The van der Waals surface area contributed by atoms with Crippen molar-refractivity contribution in [2.75, 3.05) is 5.73 Å². The van der Waals surface area contributed by atoms with Gasteiger partial charge in [-0.1, -0.05) is 6.92 Å². The van der Waals surface area contributed by atoms with Gasteiger partial charge in [-0.2, -0.15) is 5.10 Å². The van der Waals surface area contributed by atoms with Crippen LogP contribution in [0.5, 0.6) is 0 Å². The molecule has 0 radical (unpaired) electrons. The predicted octanol–water partition coefficient (Wildman–Crippen LogP) is 3.36. The van der Waals surface area contributed by atoms with Crippen molar-refractivity contribution in [3.63, 3.8) is 0 Å². The average molecular weight is 284 g/mol. The first kappa shape index (κ1) is 12.9. The second-order valence-electron chi connectivity index (χ2n) is 4.60. The third-order valence-corrected chi connectivity index (χ3v) is 4.37. The van der Waals surface area contributed by atoms with Crippen molar-refractivity contribution in [1.29, 1.82) is 0 Å². The van der Waals surface area contributed by atoms with Gasteiger partial charge < -0.3 is 5.73 Å². The summed E-state index contributed by atoms with van der Waals surface area (Å²) >= 11 is 1.71. The van der Waals surface area contributed by atoms with Crippen molar-refractivity contribution in [2.45, 2.75) is 13.3 Å². The van der Waals surface area contributed by atoms with Gasteiger partial charge in [0.25, 0.3) is 0 Å². The van der Waals surface area contributed by atoms with Gasteiger partial charge >= 0.3 is 0 Å². The van der Waals surface area contributed by atoms with E-state index in [1.54, 1.807) is 28.4 Å². The molecule has 0 aromatic carbocycles. The van der Waals surface area contributed by atoms with Gasteiger partial charge in [0.05, 0.1) is 10.4 Å². The highest BCUT2D eigenvalue weighted by molar-refractivity contribution is 7.13. The number of pyridine rings is 1. The van der Waals surface area contributed by atoms with E-state index in [2.05, 4.69) is 28.5 Å². The molecule has 0 unspecified atom stereocenters. The molecule has 0 aliphatic carbocycles. The first-order valence-electron chi connectivity index (χ1n) is 6.52. The van der Waals surface area contributed by atoms with Gasteiger partial charge in [0.2, 0.25) is 0 Å². The minimum Gasteiger partial charge on any atom is -0.383 e. The minimum atomic E-state index is 0.682. The zero-order chi connectivity index (χ0) is 14.1. The van der Waals surface area contributed by atoms with Crippen molar-refractivity contribution in [2.24, 2.45) is 7.05 Å². The summed E-state index contributed by atoms with van der Waals surface area (Å²) in [7, 11) is 1.88. The van der Waals surface area contributed by atoms with Crippen LogP contribution >= 0.6 is 11.3 Å². The molecule has 0 spiro atoms. The minimum absolute atomic E-state index is 0.682. The highest BCUT2D eigenvalue weighted by Gasteiger charge is 2.19. The molecule has 5 heteroatoms. The van der Waals surface area contributed by atoms with Gasteiger partial charge in [0.1, 0.15) is 11.5 Å². The number of anilines is 1. The van der Waals surface area contributed by atoms with E-state index in [1.807, 2.05) is 19.2 Å². The van der Waals surface area contributed by atoms with Crippen LogP contribution in [0.2, 0.25) is 0 Å². The van der Waals surface area contributed by atoms with Gasteiger partial charge in [-0.3, -0.25) is 9.67 Å². The Morgan fingerprint density at radius 1 is 1.25 bits per heavy atom. The Morgan fingerprint density at radius 2 is 2.00 bits per heavy atom. The summed E-state index contributed by atoms with van der Waals surface area (Å²) in [5.41, 5.74) is 10.5. The molecule has 0 aliphatic rings. The molecule has 0 aliphatic heterocycles. The molecular weight excluding hydrogens is 268 g/mol. The number of hydrogen-bond acceptors (Lipinski definition) is 4. The van der Waals surface area contributed by atoms with Crippen molar-refractivity contribution in [3.8, 4) is 21.7 Å². The molecule has 102 valence electrons. The van der Waals surface area contributed by atoms with E-state index in [0.717, 1.165) is 23.2 Å². The highest BCUT2D eigenvalue weighted by Crippen LogP contribution is 2.39. The number of nitrogen functional groups attached to an aromatic ring is 1. The fourth-order valence-corrected chi connectivity index (χ4v) is 3.31. The van der Waals surface area contributed by atoms with Crippen LogP contribution < -0.4 is 5.73 Å². The van der Waals surface area contributed by atoms with Crippen molar-refractivity contribution in [3.05, 3.63) is 41.5 Å². The van der Waals surface area contributed by atoms with E-state index in [4.69, 9.17) is 5.73 Å². The molecule has 4 nitrogen and oxygen atoms in total. The molecule has 3 rings (SSSR count). The maximum absolute atomic E-state index is 6.22. The second kappa shape index (κ2) is 5.09. The van der Waals surface area contributed by atoms with Crippen LogP contribution in [0.4, 0.5) is 5.82 Å². The SMILES string of the molecule is CCc1ccsc1-c1nn(C)c(N)c1-c1ccncc1. The number of aryl methyl sites for hydroxylation is 2. The first-order chi connectivity index (χ1) is 9.72. The van der Waals surface area contributed by atoms with Gasteiger partial charge in [-0.25, -0.2) is 0 Å². The Morgan fingerprint density at radius 3 is 2.70 bits per heavy atom. The van der Waals surface area contributed by atoms with Gasteiger partial charge in [-0.05, 0) is 41.1 Å². The number of aromatic nitrogens is 3. The smallest absolute Gasteiger partial charge is 0.129 e. The summed E-state index contributed by atoms with van der Waals surface area (Å²) in [5.74, 6) is 0.682. The molecule has 0 bridgehead atoms. The van der Waals surface area contributed by atoms with Crippen LogP contribution in [-0.4, -0.2) is 14.8 Å². The largest absolute Gasteiger partial charge is 0.383 e. The average Bonchev–Trinajstić information content (AvgIpc) is 3.05. The lowest BCUT2D eigenvalue weighted by Gasteiger charge is -2.04. The second-order valence-corrected chi connectivity index (χ2v) is 5.51. The van der Waals surface area contributed by atoms with E-state index >= 15 is 0 Å². The summed E-state index contributed by atoms with van der Waals surface area (Å²) in [6.45, 7) is 2.16. The molecule has 0 atom stereocenters. The van der Waals surface area contributed by atoms with Gasteiger partial charge in [-0.15, -0.1) is 11.3 Å². The molecule has 20 heavy (non-hydrogen) atoms. The van der Waals surface area contributed by atoms with Crippen molar-refractivity contribution >= 4 is 17.2 Å². The quantitative estimate of drug-likeness (QED) is 0.802. The van der Waals surface area contributed by atoms with Gasteiger partial charge in [0.15, 0.2) is 0 Å². The van der Waals surface area contributed by atoms with E-state index in [0.29, 0.717) is 5.82 Å². The zero-order valence-corrected chi connectivity index (χ0v) is 12.3. The molecule has 3 aromatic rings. The lowest BCUT2D eigenvalue weighted by Crippen LogP contribution is -1.97. The Kier molecular flexibility index (Phi) is 3.28. The number of nitrogens with zero attached hydrogens (tertiary/aromatic N) is 3. The maximum atomic E-state index is 6.22. The Balaban J connectivity index is 2.25. The lowest BCUT2D eigenvalue weighted by atomic mass is 10.0. The number of hydrogen-bond donors (Lipinski definition) is 1. The predicted molar refractivity (Wildman–Crippen MR) is 83.5 cm³/mol. The van der Waals surface area contributed by atoms with E-state index in [1.165, 1.54) is 10.4 Å². The first-order valence-corrected chi connectivity index (χ1v) is 7.40. The molecule has 0 fully saturated rings. The van der Waals surface area contributed by atoms with Crippen LogP contribution in [0.3, 0.4) is 0 Å². The zero-order valence-electron chi connectivity index (χ0n) is 11.5. The third kappa shape index (κ3) is 2.00. The topological polar surface area (TPSA) is 56.7 Å². The lowest BCUT2D eigenvalue weighted by molar-refractivity contribution is 0.782. The standard InChI is InChI=1S/C15H16N4S/c1-3-10-6-9-20-14(10)13-12(15(16)19(2)18-13)11-4-7-17-8-5-11/h4-9H,3,16H2,1-2H3. The number of rotatable bonds is 3. The Labute approximate surface area is 121 Å². The molecule has 0 amide bonds. The number of thiophene rings is 1. The molecular formula is C15H16N4S. The molecule has 0 saturated heterocycles.